The first-order valence-electron chi connectivity index (χ1n) is 3.01. The van der Waals surface area contributed by atoms with Gasteiger partial charge in [0.2, 0.25) is 0 Å². The smallest absolute Gasteiger partial charge is 0.151 e. The number of rotatable bonds is 2. The maximum atomic E-state index is 10.4. The van der Waals surface area contributed by atoms with Crippen LogP contribution in [0.2, 0.25) is 0 Å². The van der Waals surface area contributed by atoms with Gasteiger partial charge in [-0.15, -0.1) is 5.47 Å². The summed E-state index contributed by atoms with van der Waals surface area (Å²) in [5.74, 6) is 0.287. The molecule has 0 unspecified atom stereocenters. The van der Waals surface area contributed by atoms with E-state index in [1.807, 2.05) is 13.8 Å². The Hall–Kier alpha value is -0.525. The lowest BCUT2D eigenvalue weighted by atomic mass is 9.85. The van der Waals surface area contributed by atoms with Gasteiger partial charge in [-0.1, -0.05) is 13.8 Å². The molecule has 48 valence electrons. The highest BCUT2D eigenvalue weighted by molar-refractivity contribution is 6.23. The van der Waals surface area contributed by atoms with Crippen molar-refractivity contribution in [3.05, 3.63) is 11.5 Å². The third-order valence-electron chi connectivity index (χ3n) is 1.04. The van der Waals surface area contributed by atoms with Crippen LogP contribution in [0.1, 0.15) is 20.8 Å². The van der Waals surface area contributed by atoms with Crippen molar-refractivity contribution in [1.82, 2.24) is 0 Å². The Labute approximate surface area is 57.6 Å². The first kappa shape index (κ1) is 8.47. The minimum atomic E-state index is 0.0150. The van der Waals surface area contributed by atoms with Crippen molar-refractivity contribution < 1.29 is 4.79 Å². The van der Waals surface area contributed by atoms with Crippen LogP contribution >= 0.6 is 0 Å². The van der Waals surface area contributed by atoms with Crippen LogP contribution < -0.4 is 0 Å². The summed E-state index contributed by atoms with van der Waals surface area (Å²) in [7, 11) is 5.46. The quantitative estimate of drug-likeness (QED) is 0.398. The van der Waals surface area contributed by atoms with Crippen molar-refractivity contribution in [2.75, 3.05) is 0 Å². The number of hydrogen-bond acceptors (Lipinski definition) is 1. The molecule has 0 N–H and O–H groups in total. The molecule has 0 aliphatic carbocycles. The van der Waals surface area contributed by atoms with E-state index in [4.69, 9.17) is 7.85 Å². The number of carbonyl (C=O) groups is 1. The van der Waals surface area contributed by atoms with Crippen LogP contribution in [0.4, 0.5) is 0 Å². The normalized spacial score (nSPS) is 12.2. The van der Waals surface area contributed by atoms with Crippen LogP contribution in [0.5, 0.6) is 0 Å². The monoisotopic (exact) mass is 122 g/mol. The zero-order valence-corrected chi connectivity index (χ0v) is 6.14. The molecule has 0 bridgehead atoms. The minimum absolute atomic E-state index is 0.0150. The van der Waals surface area contributed by atoms with Crippen molar-refractivity contribution in [1.29, 1.82) is 0 Å². The maximum Gasteiger partial charge on any atom is 0.151 e. The summed E-state index contributed by atoms with van der Waals surface area (Å²) in [6, 6.07) is 0. The lowest BCUT2D eigenvalue weighted by molar-refractivity contribution is -0.112. The van der Waals surface area contributed by atoms with Gasteiger partial charge in [-0.25, -0.2) is 0 Å². The van der Waals surface area contributed by atoms with E-state index in [0.717, 1.165) is 0 Å². The van der Waals surface area contributed by atoms with Gasteiger partial charge in [-0.3, -0.25) is 4.79 Å². The Kier molecular flexibility index (Phi) is 3.29. The fourth-order valence-electron chi connectivity index (χ4n) is 0.401. The summed E-state index contributed by atoms with van der Waals surface area (Å²) in [5, 5.41) is 0. The Morgan fingerprint density at radius 1 is 1.56 bits per heavy atom. The summed E-state index contributed by atoms with van der Waals surface area (Å²) in [6.45, 7) is 5.40. The molecule has 0 atom stereocenters. The van der Waals surface area contributed by atoms with Crippen LogP contribution in [0.15, 0.2) is 11.5 Å². The first-order chi connectivity index (χ1) is 4.04. The lowest BCUT2D eigenvalue weighted by Gasteiger charge is -2.02. The summed E-state index contributed by atoms with van der Waals surface area (Å²) in [6.07, 6.45) is 1.46. The zero-order chi connectivity index (χ0) is 7.44. The van der Waals surface area contributed by atoms with E-state index in [2.05, 4.69) is 0 Å². The molecule has 0 heterocycles. The van der Waals surface area contributed by atoms with E-state index >= 15 is 0 Å². The molecule has 0 rings (SSSR count). The van der Waals surface area contributed by atoms with Gasteiger partial charge in [0.15, 0.2) is 5.78 Å². The number of allylic oxidation sites excluding steroid dienone is 2. The van der Waals surface area contributed by atoms with Crippen molar-refractivity contribution in [2.45, 2.75) is 20.8 Å². The molecule has 0 aliphatic heterocycles. The van der Waals surface area contributed by atoms with Crippen LogP contribution in [0.3, 0.4) is 0 Å². The Morgan fingerprint density at radius 3 is 2.11 bits per heavy atom. The molecule has 0 saturated heterocycles. The molecular weight excluding hydrogens is 111 g/mol. The highest BCUT2D eigenvalue weighted by Gasteiger charge is 1.95. The van der Waals surface area contributed by atoms with Gasteiger partial charge in [0.05, 0.1) is 0 Å². The van der Waals surface area contributed by atoms with E-state index < -0.39 is 0 Å². The van der Waals surface area contributed by atoms with Crippen molar-refractivity contribution in [2.24, 2.45) is 5.92 Å². The summed E-state index contributed by atoms with van der Waals surface area (Å²) in [5.41, 5.74) is 0.655. The second-order valence-corrected chi connectivity index (χ2v) is 2.41. The molecule has 0 aromatic rings. The summed E-state index contributed by atoms with van der Waals surface area (Å²) < 4.78 is 0. The number of hydrogen-bond donors (Lipinski definition) is 0. The molecule has 1 nitrogen and oxygen atoms in total. The second-order valence-electron chi connectivity index (χ2n) is 2.41. The lowest BCUT2D eigenvalue weighted by Crippen LogP contribution is -1.96. The molecule has 0 aromatic heterocycles. The maximum absolute atomic E-state index is 10.4. The Bertz CT molecular complexity index is 136. The SMILES string of the molecule is [B]C(=CC(C)=O)C(C)C. The zero-order valence-electron chi connectivity index (χ0n) is 6.14. The molecular formula is C7H11BO. The largest absolute Gasteiger partial charge is 0.295 e. The molecule has 0 fully saturated rings. The molecule has 9 heavy (non-hydrogen) atoms. The predicted molar refractivity (Wildman–Crippen MR) is 39.4 cm³/mol. The van der Waals surface area contributed by atoms with Gasteiger partial charge in [-0.05, 0) is 18.9 Å². The molecule has 0 aromatic carbocycles. The average Bonchev–Trinajstić information content (AvgIpc) is 1.63. The van der Waals surface area contributed by atoms with E-state index in [1.165, 1.54) is 13.0 Å². The van der Waals surface area contributed by atoms with Gasteiger partial charge in [0, 0.05) is 0 Å². The number of ketones is 1. The topological polar surface area (TPSA) is 17.1 Å². The van der Waals surface area contributed by atoms with E-state index in [9.17, 15) is 4.79 Å². The van der Waals surface area contributed by atoms with Gasteiger partial charge in [-0.2, -0.15) is 0 Å². The van der Waals surface area contributed by atoms with E-state index in [0.29, 0.717) is 5.47 Å². The predicted octanol–water partition coefficient (Wildman–Crippen LogP) is 1.28. The molecule has 0 aliphatic rings. The molecule has 0 amide bonds. The van der Waals surface area contributed by atoms with Gasteiger partial charge in [0.1, 0.15) is 7.85 Å². The number of carbonyl (C=O) groups excluding carboxylic acids is 1. The molecule has 2 radical (unpaired) electrons. The molecule has 0 spiro atoms. The van der Waals surface area contributed by atoms with Crippen LogP contribution in [0, 0.1) is 5.92 Å². The van der Waals surface area contributed by atoms with Crippen LogP contribution in [0.25, 0.3) is 0 Å². The summed E-state index contributed by atoms with van der Waals surface area (Å²) >= 11 is 0. The highest BCUT2D eigenvalue weighted by Crippen LogP contribution is 2.03. The van der Waals surface area contributed by atoms with E-state index in [1.54, 1.807) is 0 Å². The third kappa shape index (κ3) is 4.01. The first-order valence-corrected chi connectivity index (χ1v) is 3.01. The van der Waals surface area contributed by atoms with E-state index in [-0.39, 0.29) is 11.7 Å². The second kappa shape index (κ2) is 3.49. The fourth-order valence-corrected chi connectivity index (χ4v) is 0.401. The fraction of sp³-hybridized carbons (Fsp3) is 0.571. The van der Waals surface area contributed by atoms with Crippen LogP contribution in [-0.4, -0.2) is 13.6 Å². The van der Waals surface area contributed by atoms with Crippen molar-refractivity contribution in [3.63, 3.8) is 0 Å². The minimum Gasteiger partial charge on any atom is -0.295 e. The van der Waals surface area contributed by atoms with Gasteiger partial charge >= 0.3 is 0 Å². The van der Waals surface area contributed by atoms with Crippen LogP contribution in [-0.2, 0) is 4.79 Å². The molecule has 2 heteroatoms. The summed E-state index contributed by atoms with van der Waals surface area (Å²) in [4.78, 5) is 10.4. The molecule has 0 saturated carbocycles. The van der Waals surface area contributed by atoms with Crippen molar-refractivity contribution >= 4 is 13.6 Å². The van der Waals surface area contributed by atoms with Gasteiger partial charge < -0.3 is 0 Å². The average molecular weight is 122 g/mol. The highest BCUT2D eigenvalue weighted by atomic mass is 16.1. The Morgan fingerprint density at radius 2 is 2.00 bits per heavy atom. The standard InChI is InChI=1S/C7H11BO/c1-5(2)7(8)4-6(3)9/h4-5H,1-3H3. The van der Waals surface area contributed by atoms with Gasteiger partial charge in [0.25, 0.3) is 0 Å². The Balaban J connectivity index is 4.00. The van der Waals surface area contributed by atoms with Crippen molar-refractivity contribution in [3.8, 4) is 0 Å². The third-order valence-corrected chi connectivity index (χ3v) is 1.04.